The van der Waals surface area contributed by atoms with Crippen molar-refractivity contribution in [2.75, 3.05) is 7.05 Å². The fourth-order valence-electron chi connectivity index (χ4n) is 1.34. The van der Waals surface area contributed by atoms with Gasteiger partial charge in [0.25, 0.3) is 0 Å². The van der Waals surface area contributed by atoms with Crippen molar-refractivity contribution in [1.29, 1.82) is 0 Å². The van der Waals surface area contributed by atoms with E-state index in [1.807, 2.05) is 7.05 Å². The van der Waals surface area contributed by atoms with Crippen molar-refractivity contribution in [3.8, 4) is 0 Å². The summed E-state index contributed by atoms with van der Waals surface area (Å²) >= 11 is 0. The van der Waals surface area contributed by atoms with Crippen molar-refractivity contribution in [2.45, 2.75) is 38.1 Å². The standard InChI is InChI=1S/C7H14N.CH3.V/c1-8-7-5-3-2-4-6-7;;/h7H,2-6H2,1H3;1H3;/q2*-1;+2. The molecule has 0 bridgehead atoms. The molecular formula is C8H17NV. The Morgan fingerprint density at radius 1 is 1.10 bits per heavy atom. The minimum absolute atomic E-state index is 0. The summed E-state index contributed by atoms with van der Waals surface area (Å²) in [4.78, 5) is 0. The fourth-order valence-corrected chi connectivity index (χ4v) is 1.34. The Balaban J connectivity index is 0. The maximum absolute atomic E-state index is 4.25. The van der Waals surface area contributed by atoms with E-state index < -0.39 is 0 Å². The van der Waals surface area contributed by atoms with Crippen LogP contribution in [0.5, 0.6) is 0 Å². The third-order valence-electron chi connectivity index (χ3n) is 1.94. The van der Waals surface area contributed by atoms with Crippen LogP contribution in [-0.2, 0) is 18.6 Å². The molecule has 2 heteroatoms. The predicted octanol–water partition coefficient (Wildman–Crippen LogP) is 2.77. The van der Waals surface area contributed by atoms with E-state index >= 15 is 0 Å². The second-order valence-corrected chi connectivity index (χ2v) is 2.55. The first kappa shape index (κ1) is 13.2. The van der Waals surface area contributed by atoms with Gasteiger partial charge in [-0.3, -0.25) is 0 Å². The van der Waals surface area contributed by atoms with E-state index in [0.717, 1.165) is 0 Å². The first-order valence-electron chi connectivity index (χ1n) is 3.52. The van der Waals surface area contributed by atoms with Gasteiger partial charge in [-0.15, -0.1) is 6.04 Å². The van der Waals surface area contributed by atoms with Crippen molar-refractivity contribution < 1.29 is 18.6 Å². The zero-order valence-electron chi connectivity index (χ0n) is 7.01. The van der Waals surface area contributed by atoms with Gasteiger partial charge in [-0.25, -0.2) is 0 Å². The molecule has 1 aliphatic rings. The third kappa shape index (κ3) is 4.37. The molecule has 0 unspecified atom stereocenters. The van der Waals surface area contributed by atoms with Crippen LogP contribution in [0.25, 0.3) is 5.32 Å². The van der Waals surface area contributed by atoms with Gasteiger partial charge in [-0.1, -0.05) is 32.1 Å². The van der Waals surface area contributed by atoms with Crippen molar-refractivity contribution in [1.82, 2.24) is 0 Å². The Hall–Kier alpha value is 0.544. The molecule has 1 nitrogen and oxygen atoms in total. The van der Waals surface area contributed by atoms with E-state index in [4.69, 9.17) is 0 Å². The molecule has 1 rings (SSSR count). The van der Waals surface area contributed by atoms with Gasteiger partial charge in [0.2, 0.25) is 0 Å². The van der Waals surface area contributed by atoms with Gasteiger partial charge >= 0.3 is 18.6 Å². The summed E-state index contributed by atoms with van der Waals surface area (Å²) in [6.45, 7) is 0. The molecule has 0 amide bonds. The minimum Gasteiger partial charge on any atom is -0.662 e. The van der Waals surface area contributed by atoms with E-state index in [-0.39, 0.29) is 26.0 Å². The van der Waals surface area contributed by atoms with E-state index in [0.29, 0.717) is 6.04 Å². The molecule has 1 saturated carbocycles. The quantitative estimate of drug-likeness (QED) is 0.548. The van der Waals surface area contributed by atoms with Crippen LogP contribution >= 0.6 is 0 Å². The van der Waals surface area contributed by atoms with E-state index in [1.54, 1.807) is 0 Å². The Morgan fingerprint density at radius 2 is 1.60 bits per heavy atom. The molecule has 1 fully saturated rings. The molecule has 0 aromatic rings. The van der Waals surface area contributed by atoms with Crippen LogP contribution < -0.4 is 0 Å². The first-order chi connectivity index (χ1) is 3.93. The average molecular weight is 178 g/mol. The number of hydrogen-bond donors (Lipinski definition) is 0. The fraction of sp³-hybridized carbons (Fsp3) is 0.875. The van der Waals surface area contributed by atoms with Crippen LogP contribution in [-0.4, -0.2) is 13.1 Å². The van der Waals surface area contributed by atoms with Crippen LogP contribution in [0.1, 0.15) is 32.1 Å². The summed E-state index contributed by atoms with van der Waals surface area (Å²) in [5, 5.41) is 4.25. The molecular weight excluding hydrogens is 161 g/mol. The summed E-state index contributed by atoms with van der Waals surface area (Å²) in [6, 6.07) is 0.712. The van der Waals surface area contributed by atoms with Crippen molar-refractivity contribution in [3.63, 3.8) is 0 Å². The van der Waals surface area contributed by atoms with Gasteiger partial charge in [0.1, 0.15) is 0 Å². The molecule has 0 heterocycles. The van der Waals surface area contributed by atoms with E-state index in [9.17, 15) is 0 Å². The van der Waals surface area contributed by atoms with Crippen LogP contribution in [0.2, 0.25) is 0 Å². The van der Waals surface area contributed by atoms with Gasteiger partial charge in [0, 0.05) is 0 Å². The van der Waals surface area contributed by atoms with Gasteiger partial charge < -0.3 is 12.7 Å². The Bertz CT molecular complexity index is 60.3. The summed E-state index contributed by atoms with van der Waals surface area (Å²) in [7, 11) is 1.94. The smallest absolute Gasteiger partial charge is 0.662 e. The first-order valence-corrected chi connectivity index (χ1v) is 3.52. The zero-order valence-corrected chi connectivity index (χ0v) is 8.40. The third-order valence-corrected chi connectivity index (χ3v) is 1.94. The number of rotatable bonds is 1. The van der Waals surface area contributed by atoms with Crippen LogP contribution in [0.3, 0.4) is 0 Å². The number of hydrogen-bond acceptors (Lipinski definition) is 0. The summed E-state index contributed by atoms with van der Waals surface area (Å²) in [6.07, 6.45) is 6.93. The van der Waals surface area contributed by atoms with Gasteiger partial charge in [-0.2, -0.15) is 7.05 Å². The molecule has 0 saturated heterocycles. The molecule has 0 aromatic carbocycles. The predicted molar refractivity (Wildman–Crippen MR) is 42.6 cm³/mol. The molecule has 1 aliphatic carbocycles. The Labute approximate surface area is 76.9 Å². The van der Waals surface area contributed by atoms with Crippen molar-refractivity contribution >= 4 is 0 Å². The Morgan fingerprint density at radius 3 is 1.90 bits per heavy atom. The summed E-state index contributed by atoms with van der Waals surface area (Å²) in [5.41, 5.74) is 0. The van der Waals surface area contributed by atoms with Crippen LogP contribution in [0.4, 0.5) is 0 Å². The largest absolute Gasteiger partial charge is 2.00 e. The van der Waals surface area contributed by atoms with Gasteiger partial charge in [-0.05, 0) is 0 Å². The molecule has 59 valence electrons. The molecule has 0 aromatic heterocycles. The molecule has 0 spiro atoms. The van der Waals surface area contributed by atoms with Crippen molar-refractivity contribution in [3.05, 3.63) is 12.7 Å². The molecule has 0 atom stereocenters. The van der Waals surface area contributed by atoms with Gasteiger partial charge in [0.15, 0.2) is 0 Å². The topological polar surface area (TPSA) is 14.1 Å². The Kier molecular flexibility index (Phi) is 10.1. The number of nitrogens with zero attached hydrogens (tertiary/aromatic N) is 1. The average Bonchev–Trinajstić information content (AvgIpc) is 1.90. The zero-order chi connectivity index (χ0) is 5.82. The normalized spacial score (nSPS) is 18.9. The maximum atomic E-state index is 4.25. The monoisotopic (exact) mass is 178 g/mol. The molecule has 0 N–H and O–H groups in total. The van der Waals surface area contributed by atoms with E-state index in [2.05, 4.69) is 5.32 Å². The van der Waals surface area contributed by atoms with E-state index in [1.165, 1.54) is 32.1 Å². The summed E-state index contributed by atoms with van der Waals surface area (Å²) < 4.78 is 0. The second-order valence-electron chi connectivity index (χ2n) is 2.55. The molecule has 0 aliphatic heterocycles. The summed E-state index contributed by atoms with van der Waals surface area (Å²) in [5.74, 6) is 0. The maximum Gasteiger partial charge on any atom is 2.00 e. The molecule has 10 heavy (non-hydrogen) atoms. The molecule has 1 radical (unpaired) electrons. The minimum atomic E-state index is 0. The van der Waals surface area contributed by atoms with Crippen molar-refractivity contribution in [2.24, 2.45) is 0 Å². The van der Waals surface area contributed by atoms with Gasteiger partial charge in [0.05, 0.1) is 0 Å². The van der Waals surface area contributed by atoms with Crippen LogP contribution in [0, 0.1) is 7.43 Å². The SMILES string of the molecule is C[N-]C1CCCCC1.[CH3-].[V+2]. The van der Waals surface area contributed by atoms with Crippen LogP contribution in [0.15, 0.2) is 0 Å². The second kappa shape index (κ2) is 7.65.